The fraction of sp³-hybridized carbons (Fsp3) is 0.907. The number of esters is 1. The quantitative estimate of drug-likeness (QED) is 0.0479. The first kappa shape index (κ1) is 63.0. The van der Waals surface area contributed by atoms with Crippen molar-refractivity contribution in [3.8, 4) is 0 Å². The van der Waals surface area contributed by atoms with E-state index in [9.17, 15) is 68.8 Å². The van der Waals surface area contributed by atoms with Gasteiger partial charge in [0.2, 0.25) is 0 Å². The van der Waals surface area contributed by atoms with Crippen molar-refractivity contribution in [1.29, 1.82) is 0 Å². The number of rotatable bonds is 15. The van der Waals surface area contributed by atoms with Gasteiger partial charge in [0.15, 0.2) is 31.5 Å². The van der Waals surface area contributed by atoms with Crippen LogP contribution in [0.15, 0.2) is 23.8 Å². The number of aliphatic hydroxyl groups is 10. The molecule has 0 radical (unpaired) electrons. The van der Waals surface area contributed by atoms with Gasteiger partial charge in [0.05, 0.1) is 43.5 Å². The Balaban J connectivity index is 0.919. The first-order valence-corrected chi connectivity index (χ1v) is 29.8. The average molecular weight is 1200 g/mol. The van der Waals surface area contributed by atoms with Gasteiger partial charge < -0.3 is 108 Å². The Bertz CT molecular complexity index is 2470. The van der Waals surface area contributed by atoms with Crippen molar-refractivity contribution in [1.82, 2.24) is 0 Å². The molecule has 11 N–H and O–H groups in total. The van der Waals surface area contributed by atoms with E-state index in [1.54, 1.807) is 0 Å². The van der Waals surface area contributed by atoms with Crippen molar-refractivity contribution < 1.29 is 130 Å². The van der Waals surface area contributed by atoms with Crippen LogP contribution >= 0.6 is 0 Å². The van der Waals surface area contributed by atoms with Gasteiger partial charge in [-0.05, 0) is 82.0 Å². The predicted octanol–water partition coefficient (Wildman–Crippen LogP) is -2.02. The summed E-state index contributed by atoms with van der Waals surface area (Å²) in [5.74, 6) is -0.0696. The van der Waals surface area contributed by atoms with Crippen molar-refractivity contribution in [3.05, 3.63) is 23.8 Å². The average Bonchev–Trinajstić information content (AvgIpc) is 1.84. The summed E-state index contributed by atoms with van der Waals surface area (Å²) in [6.45, 7) is 15.9. The number of fused-ring (bicyclic) bond motifs is 5. The summed E-state index contributed by atoms with van der Waals surface area (Å²) in [7, 11) is -4.01. The lowest BCUT2D eigenvalue weighted by atomic mass is 9.40. The maximum absolute atomic E-state index is 13.8. The molecule has 0 unspecified atom stereocenters. The molecule has 1 spiro atoms. The van der Waals surface area contributed by atoms with Crippen molar-refractivity contribution in [2.75, 3.05) is 26.9 Å². The summed E-state index contributed by atoms with van der Waals surface area (Å²) in [4.78, 5) is 13.8. The molecule has 6 aliphatic heterocycles. The Morgan fingerprint density at radius 3 is 1.99 bits per heavy atom. The highest BCUT2D eigenvalue weighted by Crippen LogP contribution is 2.76. The van der Waals surface area contributed by atoms with Crippen LogP contribution in [-0.4, -0.2) is 250 Å². The number of hydrogen-bond acceptors (Lipinski definition) is 26. The number of carbonyl (C=O) groups excluding carboxylic acids is 1. The van der Waals surface area contributed by atoms with Crippen LogP contribution in [0.1, 0.15) is 87.0 Å². The van der Waals surface area contributed by atoms with Gasteiger partial charge in [0, 0.05) is 18.4 Å². The maximum Gasteiger partial charge on any atom is 0.397 e. The highest BCUT2D eigenvalue weighted by atomic mass is 32.3. The maximum atomic E-state index is 13.8. The molecule has 0 aromatic heterocycles. The summed E-state index contributed by atoms with van der Waals surface area (Å²) in [6.07, 6.45) is -33.6. The van der Waals surface area contributed by atoms with E-state index in [1.807, 2.05) is 6.92 Å². The van der Waals surface area contributed by atoms with Gasteiger partial charge in [-0.1, -0.05) is 51.5 Å². The lowest BCUT2D eigenvalue weighted by molar-refractivity contribution is -0.404. The van der Waals surface area contributed by atoms with Gasteiger partial charge in [-0.25, -0.2) is 4.18 Å². The molecule has 27 nitrogen and oxygen atoms in total. The first-order chi connectivity index (χ1) is 38.4. The Labute approximate surface area is 475 Å². The monoisotopic (exact) mass is 1200 g/mol. The van der Waals surface area contributed by atoms with Crippen LogP contribution in [-0.2, 0) is 76.2 Å². The van der Waals surface area contributed by atoms with E-state index >= 15 is 0 Å². The van der Waals surface area contributed by atoms with Crippen LogP contribution in [0.2, 0.25) is 0 Å². The predicted molar refractivity (Wildman–Crippen MR) is 273 cm³/mol. The molecule has 0 aromatic carbocycles. The van der Waals surface area contributed by atoms with Gasteiger partial charge in [0.1, 0.15) is 104 Å². The fourth-order valence-electron chi connectivity index (χ4n) is 16.3. The topological polar surface area (TPSA) is 394 Å². The van der Waals surface area contributed by atoms with E-state index in [-0.39, 0.29) is 41.8 Å². The zero-order valence-electron chi connectivity index (χ0n) is 47.2. The molecule has 9 fully saturated rings. The third kappa shape index (κ3) is 10.5. The molecular weight excluding hydrogens is 1110 g/mol. The van der Waals surface area contributed by atoms with Crippen LogP contribution in [0.25, 0.3) is 0 Å². The Hall–Kier alpha value is -2.02. The second kappa shape index (κ2) is 23.2. The minimum absolute atomic E-state index is 0.00958. The molecule has 31 atom stereocenters. The number of allylic oxidation sites excluding steroid dienone is 2. The molecule has 10 rings (SSSR count). The van der Waals surface area contributed by atoms with Crippen LogP contribution in [0, 0.1) is 39.4 Å². The summed E-state index contributed by atoms with van der Waals surface area (Å²) in [6, 6.07) is 0. The van der Waals surface area contributed by atoms with Gasteiger partial charge in [0.25, 0.3) is 0 Å². The minimum atomic E-state index is -5.24. The normalized spacial score (nSPS) is 52.9. The Morgan fingerprint density at radius 2 is 1.32 bits per heavy atom. The Morgan fingerprint density at radius 1 is 0.695 bits per heavy atom. The van der Waals surface area contributed by atoms with Crippen molar-refractivity contribution >= 4 is 16.4 Å². The molecule has 10 aliphatic rings. The largest absolute Gasteiger partial charge is 0.461 e. The van der Waals surface area contributed by atoms with Gasteiger partial charge in [-0.2, -0.15) is 8.42 Å². The molecule has 0 aromatic rings. The molecular formula is C54H84O27S. The van der Waals surface area contributed by atoms with Crippen molar-refractivity contribution in [2.45, 2.75) is 241 Å². The second-order valence-corrected chi connectivity index (χ2v) is 26.6. The molecule has 468 valence electrons. The summed E-state index contributed by atoms with van der Waals surface area (Å²) in [5.41, 5.74) is 0.247. The zero-order valence-corrected chi connectivity index (χ0v) is 48.0. The SMILES string of the molecule is C=C(C)[C@@H]1[C@H]2C[C@@]3(C)C4=CC[C@H]5C(C)(C)[C@@H](O[C@H]6OC[C@H](OS(=O)(=O)O)[C@@H](O)[C@@H]6O[C@@H]6O[C@H](C)[C@@H](O[C@H]7O[C@@H](CO)[C@H](O)[C@@H](O[C@H]8OC[C@H](O)[C@@H](OC)[C@@H]8O)[C@@H]7O)[C@H](O)[C@H]6O[C@H]6O[C@@H](C)[C@H](O)[C@@H](O)[C@@H]6O)CC[C@]5(C)[C@H]4CC[C@@]13C(=O)O2. The van der Waals surface area contributed by atoms with E-state index in [0.29, 0.717) is 25.7 Å². The van der Waals surface area contributed by atoms with E-state index in [4.69, 9.17) is 61.0 Å². The van der Waals surface area contributed by atoms with Crippen LogP contribution in [0.5, 0.6) is 0 Å². The van der Waals surface area contributed by atoms with Crippen LogP contribution in [0.3, 0.4) is 0 Å². The fourth-order valence-corrected chi connectivity index (χ4v) is 16.8. The second-order valence-electron chi connectivity index (χ2n) is 25.5. The molecule has 6 saturated heterocycles. The third-order valence-corrected chi connectivity index (χ3v) is 21.0. The standard InChI is InChI=1S/C54H84O27S/c1-20(2)31-26-16-53(8)24-10-11-29-51(5,6)30(13-14-52(29,7)23(24)12-15-54(31,53)50(65)75-26)76-48-43(34(59)28(19-71-48)81-82(66,67)68)80-49-44(79-46-36(61)35(60)32(57)21(3)72-46)37(62)40(22(4)73-49)77-47-39(64)42(33(58)27(17-55)74-47)78-45-38(63)41(69-9)25(56)18-70-45/h10,21-23,25-49,55-64H,1,11-19H2,2-9H3,(H,66,67,68)/t21-,22+,23-,25-,26+,27-,28-,29-,30-,31+,32-,33-,34+,35+,36-,37-,38-,39-,40+,41+,42+,43-,44+,45+,46+,47+,48+,49-,52+,53-,54-/m0/s1. The number of carbonyl (C=O) groups is 1. The minimum Gasteiger partial charge on any atom is -0.461 e. The number of methoxy groups -OCH3 is 1. The highest BCUT2D eigenvalue weighted by molar-refractivity contribution is 7.80. The zero-order chi connectivity index (χ0) is 59.7. The highest BCUT2D eigenvalue weighted by Gasteiger charge is 2.76. The first-order valence-electron chi connectivity index (χ1n) is 28.4. The summed E-state index contributed by atoms with van der Waals surface area (Å²) in [5, 5.41) is 112. The summed E-state index contributed by atoms with van der Waals surface area (Å²) < 4.78 is 111. The molecule has 2 bridgehead atoms. The van der Waals surface area contributed by atoms with Crippen LogP contribution in [0.4, 0.5) is 0 Å². The van der Waals surface area contributed by atoms with E-state index < -0.39 is 187 Å². The third-order valence-electron chi connectivity index (χ3n) is 20.5. The van der Waals surface area contributed by atoms with E-state index in [2.05, 4.69) is 40.3 Å². The number of aliphatic hydroxyl groups excluding tert-OH is 10. The Kier molecular flexibility index (Phi) is 17.8. The lowest BCUT2D eigenvalue weighted by Crippen LogP contribution is -2.68. The van der Waals surface area contributed by atoms with Gasteiger partial charge in [-0.15, -0.1) is 0 Å². The molecule has 28 heteroatoms. The van der Waals surface area contributed by atoms with Gasteiger partial charge >= 0.3 is 16.4 Å². The smallest absolute Gasteiger partial charge is 0.397 e. The molecule has 3 saturated carbocycles. The molecule has 82 heavy (non-hydrogen) atoms. The summed E-state index contributed by atoms with van der Waals surface area (Å²) >= 11 is 0. The van der Waals surface area contributed by atoms with Crippen molar-refractivity contribution in [2.24, 2.45) is 39.4 Å². The van der Waals surface area contributed by atoms with Crippen LogP contribution < -0.4 is 0 Å². The molecule has 4 aliphatic carbocycles. The van der Waals surface area contributed by atoms with Crippen molar-refractivity contribution in [3.63, 3.8) is 0 Å². The van der Waals surface area contributed by atoms with E-state index in [0.717, 1.165) is 18.4 Å². The number of ether oxygens (including phenoxy) is 12. The lowest BCUT2D eigenvalue weighted by Gasteiger charge is -2.64. The molecule has 6 heterocycles. The van der Waals surface area contributed by atoms with E-state index in [1.165, 1.54) is 26.5 Å². The number of hydrogen-bond donors (Lipinski definition) is 11. The van der Waals surface area contributed by atoms with Gasteiger partial charge in [-0.3, -0.25) is 9.35 Å². The molecule has 0 amide bonds.